The third-order valence-corrected chi connectivity index (χ3v) is 5.06. The number of nitrogens with zero attached hydrogens (tertiary/aromatic N) is 5. The van der Waals surface area contributed by atoms with E-state index in [4.69, 9.17) is 4.98 Å². The van der Waals surface area contributed by atoms with E-state index in [1.165, 1.54) is 37.1 Å². The molecule has 1 aliphatic heterocycles. The SMILES string of the molecule is C=C(c1cccc(C(=CCN2CCCC2)c2ccc(C)cc2)n1)c1nn[nH]n1. The summed E-state index contributed by atoms with van der Waals surface area (Å²) < 4.78 is 0. The number of tetrazole rings is 1. The zero-order chi connectivity index (χ0) is 19.3. The van der Waals surface area contributed by atoms with Gasteiger partial charge in [0.15, 0.2) is 0 Å². The van der Waals surface area contributed by atoms with Gasteiger partial charge in [0.25, 0.3) is 0 Å². The van der Waals surface area contributed by atoms with Crippen LogP contribution in [0.2, 0.25) is 0 Å². The Morgan fingerprint density at radius 3 is 2.57 bits per heavy atom. The van der Waals surface area contributed by atoms with Gasteiger partial charge in [0.05, 0.1) is 11.4 Å². The summed E-state index contributed by atoms with van der Waals surface area (Å²) in [6.45, 7) is 9.45. The maximum Gasteiger partial charge on any atom is 0.206 e. The van der Waals surface area contributed by atoms with Gasteiger partial charge in [-0.15, -0.1) is 10.2 Å². The molecule has 3 heterocycles. The quantitative estimate of drug-likeness (QED) is 0.717. The van der Waals surface area contributed by atoms with Crippen molar-refractivity contribution in [2.75, 3.05) is 19.6 Å². The van der Waals surface area contributed by atoms with E-state index in [9.17, 15) is 0 Å². The van der Waals surface area contributed by atoms with E-state index >= 15 is 0 Å². The molecule has 2 aromatic heterocycles. The molecule has 0 spiro atoms. The highest BCUT2D eigenvalue weighted by molar-refractivity contribution is 5.80. The summed E-state index contributed by atoms with van der Waals surface area (Å²) >= 11 is 0. The number of nitrogens with one attached hydrogen (secondary N) is 1. The zero-order valence-electron chi connectivity index (χ0n) is 16.1. The molecular formula is C22H24N6. The number of aromatic nitrogens is 5. The molecule has 4 rings (SSSR count). The van der Waals surface area contributed by atoms with Gasteiger partial charge < -0.3 is 0 Å². The highest BCUT2D eigenvalue weighted by Crippen LogP contribution is 2.25. The largest absolute Gasteiger partial charge is 0.300 e. The second-order valence-electron chi connectivity index (χ2n) is 7.11. The minimum atomic E-state index is 0.461. The predicted molar refractivity (Wildman–Crippen MR) is 110 cm³/mol. The van der Waals surface area contributed by atoms with E-state index in [1.807, 2.05) is 18.2 Å². The van der Waals surface area contributed by atoms with Crippen molar-refractivity contribution in [2.24, 2.45) is 0 Å². The van der Waals surface area contributed by atoms with Crippen LogP contribution in [0.4, 0.5) is 0 Å². The van der Waals surface area contributed by atoms with Crippen LogP contribution in [0.1, 0.15) is 41.2 Å². The number of rotatable bonds is 6. The standard InChI is InChI=1S/C22H24N6/c1-16-8-10-18(11-9-16)19(12-15-28-13-3-4-14-28)21-7-5-6-20(23-21)17(2)22-24-26-27-25-22/h5-12H,2-4,13-15H2,1H3,(H,24,25,26,27). The van der Waals surface area contributed by atoms with Crippen LogP contribution in [0.15, 0.2) is 55.1 Å². The predicted octanol–water partition coefficient (Wildman–Crippen LogP) is 3.49. The van der Waals surface area contributed by atoms with Crippen molar-refractivity contribution in [2.45, 2.75) is 19.8 Å². The van der Waals surface area contributed by atoms with E-state index < -0.39 is 0 Å². The minimum Gasteiger partial charge on any atom is -0.300 e. The van der Waals surface area contributed by atoms with Crippen molar-refractivity contribution in [3.8, 4) is 0 Å². The molecule has 1 fully saturated rings. The Morgan fingerprint density at radius 2 is 1.86 bits per heavy atom. The number of hydrogen-bond acceptors (Lipinski definition) is 5. The lowest BCUT2D eigenvalue weighted by Crippen LogP contribution is -2.19. The molecule has 6 heteroatoms. The van der Waals surface area contributed by atoms with E-state index in [2.05, 4.69) is 69.4 Å². The van der Waals surface area contributed by atoms with Crippen molar-refractivity contribution >= 4 is 11.1 Å². The van der Waals surface area contributed by atoms with E-state index in [0.29, 0.717) is 11.4 Å². The molecule has 0 saturated carbocycles. The normalized spacial score (nSPS) is 15.1. The Labute approximate surface area is 165 Å². The fourth-order valence-corrected chi connectivity index (χ4v) is 3.45. The Hall–Kier alpha value is -3.12. The van der Waals surface area contributed by atoms with Gasteiger partial charge in [-0.2, -0.15) is 5.21 Å². The smallest absolute Gasteiger partial charge is 0.206 e. The Kier molecular flexibility index (Phi) is 5.39. The number of hydrogen-bond donors (Lipinski definition) is 1. The highest BCUT2D eigenvalue weighted by Gasteiger charge is 2.14. The molecule has 1 saturated heterocycles. The van der Waals surface area contributed by atoms with Crippen molar-refractivity contribution in [3.63, 3.8) is 0 Å². The van der Waals surface area contributed by atoms with E-state index in [-0.39, 0.29) is 0 Å². The van der Waals surface area contributed by atoms with Crippen LogP contribution in [0.3, 0.4) is 0 Å². The Morgan fingerprint density at radius 1 is 1.11 bits per heavy atom. The molecule has 1 aliphatic rings. The van der Waals surface area contributed by atoms with Gasteiger partial charge in [0.1, 0.15) is 0 Å². The second-order valence-corrected chi connectivity index (χ2v) is 7.11. The minimum absolute atomic E-state index is 0.461. The maximum atomic E-state index is 4.87. The van der Waals surface area contributed by atoms with Crippen molar-refractivity contribution in [3.05, 3.63) is 83.5 Å². The van der Waals surface area contributed by atoms with Gasteiger partial charge in [-0.1, -0.05) is 48.6 Å². The lowest BCUT2D eigenvalue weighted by Gasteiger charge is -2.15. The topological polar surface area (TPSA) is 70.6 Å². The molecule has 1 aromatic carbocycles. The molecule has 0 atom stereocenters. The average Bonchev–Trinajstić information content (AvgIpc) is 3.43. The van der Waals surface area contributed by atoms with Crippen molar-refractivity contribution < 1.29 is 0 Å². The summed E-state index contributed by atoms with van der Waals surface area (Å²) in [5.74, 6) is 0.461. The van der Waals surface area contributed by atoms with E-state index in [1.54, 1.807) is 0 Å². The zero-order valence-corrected chi connectivity index (χ0v) is 16.1. The molecule has 0 unspecified atom stereocenters. The van der Waals surface area contributed by atoms with Gasteiger partial charge >= 0.3 is 0 Å². The summed E-state index contributed by atoms with van der Waals surface area (Å²) in [4.78, 5) is 7.35. The number of aromatic amines is 1. The summed E-state index contributed by atoms with van der Waals surface area (Å²) in [5, 5.41) is 14.1. The van der Waals surface area contributed by atoms with Gasteiger partial charge in [-0.05, 0) is 55.8 Å². The maximum absolute atomic E-state index is 4.87. The molecule has 0 bridgehead atoms. The van der Waals surface area contributed by atoms with Crippen LogP contribution in [-0.4, -0.2) is 50.1 Å². The second kappa shape index (κ2) is 8.27. The summed E-state index contributed by atoms with van der Waals surface area (Å²) in [5.41, 5.74) is 5.87. The summed E-state index contributed by atoms with van der Waals surface area (Å²) in [7, 11) is 0. The first-order valence-corrected chi connectivity index (χ1v) is 9.61. The van der Waals surface area contributed by atoms with Crippen molar-refractivity contribution in [1.82, 2.24) is 30.5 Å². The van der Waals surface area contributed by atoms with Crippen molar-refractivity contribution in [1.29, 1.82) is 0 Å². The Balaban J connectivity index is 1.69. The number of aryl methyl sites for hydroxylation is 1. The molecule has 0 radical (unpaired) electrons. The molecule has 142 valence electrons. The third-order valence-electron chi connectivity index (χ3n) is 5.06. The highest BCUT2D eigenvalue weighted by atomic mass is 15.5. The van der Waals surface area contributed by atoms with Crippen LogP contribution < -0.4 is 0 Å². The average molecular weight is 372 g/mol. The molecule has 6 nitrogen and oxygen atoms in total. The number of benzene rings is 1. The van der Waals surface area contributed by atoms with Crippen LogP contribution in [-0.2, 0) is 0 Å². The van der Waals surface area contributed by atoms with Gasteiger partial charge in [0.2, 0.25) is 5.82 Å². The van der Waals surface area contributed by atoms with Crippen LogP contribution >= 0.6 is 0 Å². The molecule has 0 amide bonds. The fourth-order valence-electron chi connectivity index (χ4n) is 3.45. The van der Waals surface area contributed by atoms with Gasteiger partial charge in [-0.3, -0.25) is 4.90 Å². The summed E-state index contributed by atoms with van der Waals surface area (Å²) in [6.07, 6.45) is 4.86. The first-order chi connectivity index (χ1) is 13.7. The van der Waals surface area contributed by atoms with Crippen LogP contribution in [0, 0.1) is 6.92 Å². The molecule has 0 aliphatic carbocycles. The lowest BCUT2D eigenvalue weighted by molar-refractivity contribution is 0.377. The van der Waals surface area contributed by atoms with Crippen LogP contribution in [0.5, 0.6) is 0 Å². The van der Waals surface area contributed by atoms with E-state index in [0.717, 1.165) is 23.5 Å². The first kappa shape index (κ1) is 18.3. The molecular weight excluding hydrogens is 348 g/mol. The monoisotopic (exact) mass is 372 g/mol. The third kappa shape index (κ3) is 4.07. The number of pyridine rings is 1. The van der Waals surface area contributed by atoms with Gasteiger partial charge in [0, 0.05) is 17.7 Å². The molecule has 28 heavy (non-hydrogen) atoms. The fraction of sp³-hybridized carbons (Fsp3) is 0.273. The number of H-pyrrole nitrogens is 1. The number of likely N-dealkylation sites (tertiary alicyclic amines) is 1. The molecule has 1 N–H and O–H groups in total. The lowest BCUT2D eigenvalue weighted by atomic mass is 9.99. The molecule has 3 aromatic rings. The summed E-state index contributed by atoms with van der Waals surface area (Å²) in [6, 6.07) is 14.6. The first-order valence-electron chi connectivity index (χ1n) is 9.61. The van der Waals surface area contributed by atoms with Gasteiger partial charge in [-0.25, -0.2) is 4.98 Å². The Bertz CT molecular complexity index is 967. The van der Waals surface area contributed by atoms with Crippen LogP contribution in [0.25, 0.3) is 11.1 Å².